The minimum atomic E-state index is -0.324. The van der Waals surface area contributed by atoms with Crippen LogP contribution < -0.4 is 10.1 Å². The first-order valence-corrected chi connectivity index (χ1v) is 9.92. The molecule has 1 amide bonds. The van der Waals surface area contributed by atoms with Crippen molar-refractivity contribution in [3.8, 4) is 17.1 Å². The summed E-state index contributed by atoms with van der Waals surface area (Å²) in [6.45, 7) is 4.14. The number of carbonyl (C=O) groups excluding carboxylic acids is 1. The monoisotopic (exact) mass is 393 g/mol. The van der Waals surface area contributed by atoms with Gasteiger partial charge in [0.2, 0.25) is 17.6 Å². The number of benzene rings is 2. The average Bonchev–Trinajstić information content (AvgIpc) is 3.26. The molecule has 0 fully saturated rings. The van der Waals surface area contributed by atoms with E-state index in [1.807, 2.05) is 54.6 Å². The minimum Gasteiger partial charge on any atom is -0.497 e. The molecule has 2 aromatic carbocycles. The van der Waals surface area contributed by atoms with Crippen LogP contribution in [-0.4, -0.2) is 23.2 Å². The van der Waals surface area contributed by atoms with Gasteiger partial charge in [-0.25, -0.2) is 0 Å². The molecule has 0 aliphatic heterocycles. The standard InChI is InChI=1S/C23H27N3O3/c1-4-16(2)21(24-20(27)14-13-17-9-6-5-7-10-17)23-25-22(26-29-23)18-11-8-12-19(15-18)28-3/h5-12,15-16,21H,4,13-14H2,1-3H3,(H,24,27)/t16-,21+/m1/s1. The quantitative estimate of drug-likeness (QED) is 0.576. The highest BCUT2D eigenvalue weighted by atomic mass is 16.5. The molecule has 6 heteroatoms. The van der Waals surface area contributed by atoms with Gasteiger partial charge < -0.3 is 14.6 Å². The van der Waals surface area contributed by atoms with Crippen molar-refractivity contribution in [3.05, 3.63) is 66.1 Å². The second kappa shape index (κ2) is 9.87. The van der Waals surface area contributed by atoms with Crippen LogP contribution in [0.4, 0.5) is 0 Å². The Bertz CT molecular complexity index is 924. The second-order valence-electron chi connectivity index (χ2n) is 7.10. The molecule has 1 heterocycles. The summed E-state index contributed by atoms with van der Waals surface area (Å²) in [5.74, 6) is 1.76. The third-order valence-electron chi connectivity index (χ3n) is 5.05. The Morgan fingerprint density at radius 1 is 1.17 bits per heavy atom. The van der Waals surface area contributed by atoms with E-state index in [2.05, 4.69) is 29.3 Å². The first-order valence-electron chi connectivity index (χ1n) is 9.92. The van der Waals surface area contributed by atoms with E-state index in [4.69, 9.17) is 9.26 Å². The molecule has 2 atom stereocenters. The number of nitrogens with one attached hydrogen (secondary N) is 1. The fourth-order valence-corrected chi connectivity index (χ4v) is 3.07. The highest BCUT2D eigenvalue weighted by Gasteiger charge is 2.26. The van der Waals surface area contributed by atoms with Crippen LogP contribution in [0.15, 0.2) is 59.1 Å². The first-order chi connectivity index (χ1) is 14.1. The van der Waals surface area contributed by atoms with Crippen LogP contribution in [-0.2, 0) is 11.2 Å². The van der Waals surface area contributed by atoms with Crippen molar-refractivity contribution in [2.24, 2.45) is 5.92 Å². The predicted octanol–water partition coefficient (Wildman–Crippen LogP) is 4.58. The zero-order valence-electron chi connectivity index (χ0n) is 17.1. The van der Waals surface area contributed by atoms with Crippen LogP contribution in [0.25, 0.3) is 11.4 Å². The highest BCUT2D eigenvalue weighted by Crippen LogP contribution is 2.27. The van der Waals surface area contributed by atoms with Crippen molar-refractivity contribution in [3.63, 3.8) is 0 Å². The molecule has 6 nitrogen and oxygen atoms in total. The van der Waals surface area contributed by atoms with Crippen LogP contribution in [0, 0.1) is 5.92 Å². The maximum atomic E-state index is 12.6. The SMILES string of the molecule is CC[C@@H](C)[C@H](NC(=O)CCc1ccccc1)c1nc(-c2cccc(OC)c2)no1. The first kappa shape index (κ1) is 20.6. The van der Waals surface area contributed by atoms with E-state index in [9.17, 15) is 4.79 Å². The number of aromatic nitrogens is 2. The molecule has 3 rings (SSSR count). The summed E-state index contributed by atoms with van der Waals surface area (Å²) in [5.41, 5.74) is 1.94. The van der Waals surface area contributed by atoms with Crippen LogP contribution in [0.5, 0.6) is 5.75 Å². The molecule has 3 aromatic rings. The van der Waals surface area contributed by atoms with Crippen molar-refractivity contribution in [2.45, 2.75) is 39.2 Å². The minimum absolute atomic E-state index is 0.0275. The Labute approximate surface area is 171 Å². The fourth-order valence-electron chi connectivity index (χ4n) is 3.07. The Balaban J connectivity index is 1.71. The van der Waals surface area contributed by atoms with E-state index in [0.717, 1.165) is 23.3 Å². The molecule has 152 valence electrons. The third kappa shape index (κ3) is 5.44. The maximum Gasteiger partial charge on any atom is 0.249 e. The van der Waals surface area contributed by atoms with Gasteiger partial charge in [-0.05, 0) is 30.0 Å². The van der Waals surface area contributed by atoms with Gasteiger partial charge in [-0.1, -0.05) is 67.9 Å². The molecule has 0 aliphatic carbocycles. The normalized spacial score (nSPS) is 12.9. The molecule has 1 aromatic heterocycles. The molecular formula is C23H27N3O3. The highest BCUT2D eigenvalue weighted by molar-refractivity contribution is 5.76. The van der Waals surface area contributed by atoms with Crippen molar-refractivity contribution >= 4 is 5.91 Å². The molecule has 0 spiro atoms. The lowest BCUT2D eigenvalue weighted by Gasteiger charge is -2.20. The van der Waals surface area contributed by atoms with Crippen LogP contribution in [0.1, 0.15) is 44.2 Å². The molecule has 0 aliphatic rings. The fraction of sp³-hybridized carbons (Fsp3) is 0.348. The number of methoxy groups -OCH3 is 1. The van der Waals surface area contributed by atoms with Crippen LogP contribution in [0.3, 0.4) is 0 Å². The molecule has 1 N–H and O–H groups in total. The van der Waals surface area contributed by atoms with Gasteiger partial charge >= 0.3 is 0 Å². The molecule has 0 radical (unpaired) electrons. The predicted molar refractivity (Wildman–Crippen MR) is 111 cm³/mol. The van der Waals surface area contributed by atoms with Gasteiger partial charge in [0, 0.05) is 12.0 Å². The van der Waals surface area contributed by atoms with Gasteiger partial charge in [-0.2, -0.15) is 4.98 Å². The van der Waals surface area contributed by atoms with Crippen LogP contribution >= 0.6 is 0 Å². The molecular weight excluding hydrogens is 366 g/mol. The number of nitrogens with zero attached hydrogens (tertiary/aromatic N) is 2. The number of ether oxygens (including phenoxy) is 1. The van der Waals surface area contributed by atoms with E-state index >= 15 is 0 Å². The van der Waals surface area contributed by atoms with Gasteiger partial charge in [-0.15, -0.1) is 0 Å². The summed E-state index contributed by atoms with van der Waals surface area (Å²) >= 11 is 0. The Morgan fingerprint density at radius 3 is 2.69 bits per heavy atom. The van der Waals surface area contributed by atoms with Gasteiger partial charge in [-0.3, -0.25) is 4.79 Å². The lowest BCUT2D eigenvalue weighted by Crippen LogP contribution is -2.32. The zero-order valence-corrected chi connectivity index (χ0v) is 17.1. The van der Waals surface area contributed by atoms with E-state index in [-0.39, 0.29) is 17.9 Å². The molecule has 0 bridgehead atoms. The Morgan fingerprint density at radius 2 is 1.97 bits per heavy atom. The third-order valence-corrected chi connectivity index (χ3v) is 5.05. The van der Waals surface area contributed by atoms with Crippen molar-refractivity contribution in [1.29, 1.82) is 0 Å². The summed E-state index contributed by atoms with van der Waals surface area (Å²) in [7, 11) is 1.62. The summed E-state index contributed by atoms with van der Waals surface area (Å²) < 4.78 is 10.8. The summed E-state index contributed by atoms with van der Waals surface area (Å²) in [6, 6.07) is 17.1. The summed E-state index contributed by atoms with van der Waals surface area (Å²) in [5, 5.41) is 7.19. The lowest BCUT2D eigenvalue weighted by molar-refractivity contribution is -0.122. The molecule has 0 saturated carbocycles. The van der Waals surface area contributed by atoms with Crippen molar-refractivity contribution in [2.75, 3.05) is 7.11 Å². The smallest absolute Gasteiger partial charge is 0.249 e. The largest absolute Gasteiger partial charge is 0.497 e. The number of hydrogen-bond acceptors (Lipinski definition) is 5. The van der Waals surface area contributed by atoms with E-state index in [1.54, 1.807) is 7.11 Å². The molecule has 29 heavy (non-hydrogen) atoms. The molecule has 0 saturated heterocycles. The van der Waals surface area contributed by atoms with E-state index in [0.29, 0.717) is 24.6 Å². The van der Waals surface area contributed by atoms with Crippen molar-refractivity contribution < 1.29 is 14.1 Å². The topological polar surface area (TPSA) is 77.2 Å². The average molecular weight is 393 g/mol. The Hall–Kier alpha value is -3.15. The zero-order chi connectivity index (χ0) is 20.6. The van der Waals surface area contributed by atoms with E-state index < -0.39 is 0 Å². The number of carbonyl (C=O) groups is 1. The van der Waals surface area contributed by atoms with E-state index in [1.165, 1.54) is 0 Å². The number of hydrogen-bond donors (Lipinski definition) is 1. The molecule has 0 unspecified atom stereocenters. The number of rotatable bonds is 9. The Kier molecular flexibility index (Phi) is 7.00. The summed E-state index contributed by atoms with van der Waals surface area (Å²) in [6.07, 6.45) is 1.98. The maximum absolute atomic E-state index is 12.6. The summed E-state index contributed by atoms with van der Waals surface area (Å²) in [4.78, 5) is 17.1. The van der Waals surface area contributed by atoms with Crippen LogP contribution in [0.2, 0.25) is 0 Å². The van der Waals surface area contributed by atoms with Gasteiger partial charge in [0.05, 0.1) is 7.11 Å². The number of aryl methyl sites for hydroxylation is 1. The van der Waals surface area contributed by atoms with Gasteiger partial charge in [0.1, 0.15) is 11.8 Å². The van der Waals surface area contributed by atoms with Gasteiger partial charge in [0.25, 0.3) is 0 Å². The second-order valence-corrected chi connectivity index (χ2v) is 7.10. The van der Waals surface area contributed by atoms with Gasteiger partial charge in [0.15, 0.2) is 0 Å². The van der Waals surface area contributed by atoms with Crippen molar-refractivity contribution in [1.82, 2.24) is 15.5 Å². The lowest BCUT2D eigenvalue weighted by atomic mass is 9.98. The number of amides is 1.